The van der Waals surface area contributed by atoms with Crippen molar-refractivity contribution in [3.05, 3.63) is 0 Å². The molecule has 0 saturated heterocycles. The third kappa shape index (κ3) is 1.66. The van der Waals surface area contributed by atoms with Gasteiger partial charge in [-0.1, -0.05) is 0 Å². The van der Waals surface area contributed by atoms with Crippen molar-refractivity contribution in [1.29, 1.82) is 0 Å². The minimum atomic E-state index is -4.96. The van der Waals surface area contributed by atoms with E-state index in [2.05, 4.69) is 9.47 Å². The van der Waals surface area contributed by atoms with Crippen molar-refractivity contribution in [3.8, 4) is 0 Å². The molecule has 0 aromatic carbocycles. The molecule has 0 aromatic heterocycles. The summed E-state index contributed by atoms with van der Waals surface area (Å²) in [5, 5.41) is 0. The SMILES string of the molecule is COC(=O)C(F)(F)C(F)(F)OC. The molecule has 0 N–H and O–H groups in total. The zero-order chi connectivity index (χ0) is 9.99. The van der Waals surface area contributed by atoms with Crippen LogP contribution in [0, 0.1) is 0 Å². The van der Waals surface area contributed by atoms with Crippen LogP contribution in [-0.4, -0.2) is 32.2 Å². The van der Waals surface area contributed by atoms with Crippen LogP contribution in [0.1, 0.15) is 0 Å². The molecule has 0 saturated carbocycles. The minimum absolute atomic E-state index is 0.358. The Balaban J connectivity index is 4.71. The number of alkyl halides is 4. The summed E-state index contributed by atoms with van der Waals surface area (Å²) in [4.78, 5) is 10.1. The Kier molecular flexibility index (Phi) is 3.03. The maximum absolute atomic E-state index is 12.2. The van der Waals surface area contributed by atoms with Gasteiger partial charge in [-0.15, -0.1) is 0 Å². The fourth-order valence-electron chi connectivity index (χ4n) is 0.375. The largest absolute Gasteiger partial charge is 0.464 e. The molecule has 0 spiro atoms. The molecular formula is C5H6F4O3. The van der Waals surface area contributed by atoms with Gasteiger partial charge in [-0.05, 0) is 0 Å². The van der Waals surface area contributed by atoms with Gasteiger partial charge in [0, 0.05) is 7.11 Å². The summed E-state index contributed by atoms with van der Waals surface area (Å²) in [7, 11) is 0.929. The van der Waals surface area contributed by atoms with E-state index in [1.54, 1.807) is 0 Å². The minimum Gasteiger partial charge on any atom is -0.464 e. The maximum atomic E-state index is 12.2. The van der Waals surface area contributed by atoms with Crippen LogP contribution < -0.4 is 0 Å². The summed E-state index contributed by atoms with van der Waals surface area (Å²) in [6.45, 7) is 0. The Morgan fingerprint density at radius 3 is 1.83 bits per heavy atom. The van der Waals surface area contributed by atoms with Gasteiger partial charge in [-0.2, -0.15) is 17.6 Å². The summed E-state index contributed by atoms with van der Waals surface area (Å²) < 4.78 is 55.3. The van der Waals surface area contributed by atoms with Gasteiger partial charge in [0.2, 0.25) is 0 Å². The summed E-state index contributed by atoms with van der Waals surface area (Å²) in [5.41, 5.74) is 0. The lowest BCUT2D eigenvalue weighted by Gasteiger charge is -2.21. The standard InChI is InChI=1S/C5H6F4O3/c1-11-3(10)4(6,7)5(8,9)12-2/h1-2H3. The van der Waals surface area contributed by atoms with E-state index in [-0.39, 0.29) is 0 Å². The van der Waals surface area contributed by atoms with E-state index in [0.29, 0.717) is 14.2 Å². The second kappa shape index (κ2) is 3.26. The predicted octanol–water partition coefficient (Wildman–Crippen LogP) is 1.03. The number of esters is 1. The topological polar surface area (TPSA) is 35.5 Å². The normalized spacial score (nSPS) is 12.8. The van der Waals surface area contributed by atoms with Gasteiger partial charge in [0.25, 0.3) is 0 Å². The Labute approximate surface area is 65.2 Å². The molecule has 3 nitrogen and oxygen atoms in total. The quantitative estimate of drug-likeness (QED) is 0.492. The molecule has 7 heteroatoms. The van der Waals surface area contributed by atoms with E-state index in [4.69, 9.17) is 0 Å². The van der Waals surface area contributed by atoms with Crippen molar-refractivity contribution >= 4 is 5.97 Å². The molecule has 0 aliphatic heterocycles. The molecule has 12 heavy (non-hydrogen) atoms. The lowest BCUT2D eigenvalue weighted by molar-refractivity contribution is -0.329. The first-order chi connectivity index (χ1) is 5.29. The summed E-state index contributed by atoms with van der Waals surface area (Å²) >= 11 is 0. The molecule has 0 aromatic rings. The number of ether oxygens (including phenoxy) is 2. The first-order valence-electron chi connectivity index (χ1n) is 2.68. The van der Waals surface area contributed by atoms with Crippen LogP contribution in [-0.2, 0) is 14.3 Å². The lowest BCUT2D eigenvalue weighted by atomic mass is 10.3. The van der Waals surface area contributed by atoms with Gasteiger partial charge in [0.15, 0.2) is 0 Å². The van der Waals surface area contributed by atoms with E-state index in [1.807, 2.05) is 0 Å². The molecule has 0 amide bonds. The average molecular weight is 190 g/mol. The highest BCUT2D eigenvalue weighted by Gasteiger charge is 2.64. The molecule has 0 heterocycles. The molecule has 0 atom stereocenters. The van der Waals surface area contributed by atoms with E-state index in [9.17, 15) is 22.4 Å². The number of rotatable bonds is 3. The number of carbonyl (C=O) groups is 1. The van der Waals surface area contributed by atoms with Crippen molar-refractivity contribution in [3.63, 3.8) is 0 Å². The number of halogens is 4. The van der Waals surface area contributed by atoms with Gasteiger partial charge in [0.05, 0.1) is 7.11 Å². The van der Waals surface area contributed by atoms with Crippen molar-refractivity contribution < 1.29 is 31.8 Å². The molecule has 0 rings (SSSR count). The van der Waals surface area contributed by atoms with Crippen molar-refractivity contribution in [1.82, 2.24) is 0 Å². The van der Waals surface area contributed by atoms with Gasteiger partial charge in [-0.25, -0.2) is 4.79 Å². The highest BCUT2D eigenvalue weighted by atomic mass is 19.3. The predicted molar refractivity (Wildman–Crippen MR) is 28.9 cm³/mol. The van der Waals surface area contributed by atoms with E-state index in [1.165, 1.54) is 0 Å². The van der Waals surface area contributed by atoms with Crippen LogP contribution in [0.25, 0.3) is 0 Å². The van der Waals surface area contributed by atoms with Gasteiger partial charge >= 0.3 is 18.0 Å². The van der Waals surface area contributed by atoms with Crippen LogP contribution in [0.5, 0.6) is 0 Å². The molecule has 0 bridgehead atoms. The summed E-state index contributed by atoms with van der Waals surface area (Å²) in [5.74, 6) is -7.30. The number of hydrogen-bond donors (Lipinski definition) is 0. The van der Waals surface area contributed by atoms with Crippen molar-refractivity contribution in [2.24, 2.45) is 0 Å². The smallest absolute Gasteiger partial charge is 0.431 e. The molecule has 0 fully saturated rings. The molecule has 0 unspecified atom stereocenters. The number of carbonyl (C=O) groups excluding carboxylic acids is 1. The first kappa shape index (κ1) is 11.2. The molecule has 0 aliphatic rings. The third-order valence-electron chi connectivity index (χ3n) is 1.06. The van der Waals surface area contributed by atoms with Crippen LogP contribution >= 0.6 is 0 Å². The summed E-state index contributed by atoms with van der Waals surface area (Å²) in [6.07, 6.45) is -4.85. The van der Waals surface area contributed by atoms with Crippen LogP contribution in [0.3, 0.4) is 0 Å². The molecule has 0 radical (unpaired) electrons. The zero-order valence-corrected chi connectivity index (χ0v) is 6.24. The fraction of sp³-hybridized carbons (Fsp3) is 0.800. The highest BCUT2D eigenvalue weighted by molar-refractivity contribution is 5.78. The number of methoxy groups -OCH3 is 2. The Morgan fingerprint density at radius 1 is 1.17 bits per heavy atom. The van der Waals surface area contributed by atoms with Gasteiger partial charge in [0.1, 0.15) is 0 Å². The number of hydrogen-bond acceptors (Lipinski definition) is 3. The second-order valence-corrected chi connectivity index (χ2v) is 1.79. The highest BCUT2D eigenvalue weighted by Crippen LogP contribution is 2.35. The van der Waals surface area contributed by atoms with E-state index < -0.39 is 18.0 Å². The zero-order valence-electron chi connectivity index (χ0n) is 6.24. The van der Waals surface area contributed by atoms with E-state index in [0.717, 1.165) is 0 Å². The first-order valence-corrected chi connectivity index (χ1v) is 2.68. The Bertz CT molecular complexity index is 180. The monoisotopic (exact) mass is 190 g/mol. The van der Waals surface area contributed by atoms with Crippen LogP contribution in [0.4, 0.5) is 17.6 Å². The average Bonchev–Trinajstić information content (AvgIpc) is 2.02. The van der Waals surface area contributed by atoms with E-state index >= 15 is 0 Å². The second-order valence-electron chi connectivity index (χ2n) is 1.79. The third-order valence-corrected chi connectivity index (χ3v) is 1.06. The van der Waals surface area contributed by atoms with Gasteiger partial charge in [-0.3, -0.25) is 0 Å². The maximum Gasteiger partial charge on any atom is 0.431 e. The van der Waals surface area contributed by atoms with Crippen molar-refractivity contribution in [2.45, 2.75) is 12.0 Å². The van der Waals surface area contributed by atoms with Crippen LogP contribution in [0.15, 0.2) is 0 Å². The van der Waals surface area contributed by atoms with Crippen LogP contribution in [0.2, 0.25) is 0 Å². The fourth-order valence-corrected chi connectivity index (χ4v) is 0.375. The lowest BCUT2D eigenvalue weighted by Crippen LogP contribution is -2.48. The van der Waals surface area contributed by atoms with Gasteiger partial charge < -0.3 is 9.47 Å². The molecule has 0 aliphatic carbocycles. The molecule has 72 valence electrons. The Morgan fingerprint density at radius 2 is 1.58 bits per heavy atom. The molecular weight excluding hydrogens is 184 g/mol. The Hall–Kier alpha value is -0.850. The summed E-state index contributed by atoms with van der Waals surface area (Å²) in [6, 6.07) is 0. The van der Waals surface area contributed by atoms with Crippen molar-refractivity contribution in [2.75, 3.05) is 14.2 Å².